The van der Waals surface area contributed by atoms with Crippen LogP contribution in [-0.4, -0.2) is 53.5 Å². The maximum absolute atomic E-state index is 10.9. The third-order valence-corrected chi connectivity index (χ3v) is 2.54. The van der Waals surface area contributed by atoms with Gasteiger partial charge in [0.1, 0.15) is 0 Å². The number of carboxylic acids is 1. The lowest BCUT2D eigenvalue weighted by molar-refractivity contribution is 0.0488. The van der Waals surface area contributed by atoms with Crippen molar-refractivity contribution in [2.45, 2.75) is 12.5 Å². The van der Waals surface area contributed by atoms with Crippen LogP contribution in [0.3, 0.4) is 0 Å². The number of aromatic carboxylic acids is 1. The molecule has 1 atom stereocenters. The largest absolute Gasteiger partial charge is 0.476 e. The molecule has 0 bridgehead atoms. The Hall–Kier alpha value is -1.73. The molecule has 1 unspecified atom stereocenters. The first-order chi connectivity index (χ1) is 8.77. The van der Waals surface area contributed by atoms with Gasteiger partial charge in [-0.3, -0.25) is 0 Å². The molecule has 7 heteroatoms. The quantitative estimate of drug-likeness (QED) is 0.708. The van der Waals surface area contributed by atoms with Crippen molar-refractivity contribution in [1.82, 2.24) is 9.97 Å². The van der Waals surface area contributed by atoms with Crippen molar-refractivity contribution in [2.24, 2.45) is 0 Å². The van der Waals surface area contributed by atoms with E-state index in [1.807, 2.05) is 0 Å². The van der Waals surface area contributed by atoms with Crippen LogP contribution in [0.1, 0.15) is 16.9 Å². The van der Waals surface area contributed by atoms with Crippen molar-refractivity contribution in [2.75, 3.05) is 31.7 Å². The summed E-state index contributed by atoms with van der Waals surface area (Å²) in [6.07, 6.45) is 3.85. The predicted molar refractivity (Wildman–Crippen MR) is 62.7 cm³/mol. The van der Waals surface area contributed by atoms with E-state index in [4.69, 9.17) is 14.6 Å². The fraction of sp³-hybridized carbons (Fsp3) is 0.545. The standard InChI is InChI=1S/C11H15N3O4/c15-11(16)9-10(13-3-2-12-9)14-4-6-18-8-1-5-17-7-8/h2-3,8H,1,4-7H2,(H,13,14)(H,15,16). The van der Waals surface area contributed by atoms with E-state index in [2.05, 4.69) is 15.3 Å². The molecule has 0 amide bonds. The van der Waals surface area contributed by atoms with E-state index in [0.717, 1.165) is 13.0 Å². The van der Waals surface area contributed by atoms with Crippen molar-refractivity contribution >= 4 is 11.8 Å². The first kappa shape index (κ1) is 12.7. The topological polar surface area (TPSA) is 93.6 Å². The number of ether oxygens (including phenoxy) is 2. The van der Waals surface area contributed by atoms with Crippen molar-refractivity contribution in [3.8, 4) is 0 Å². The van der Waals surface area contributed by atoms with E-state index < -0.39 is 5.97 Å². The maximum Gasteiger partial charge on any atom is 0.358 e. The van der Waals surface area contributed by atoms with Gasteiger partial charge in [-0.1, -0.05) is 0 Å². The summed E-state index contributed by atoms with van der Waals surface area (Å²) < 4.78 is 10.7. The van der Waals surface area contributed by atoms with Crippen LogP contribution in [-0.2, 0) is 9.47 Å². The fourth-order valence-corrected chi connectivity index (χ4v) is 1.66. The van der Waals surface area contributed by atoms with Gasteiger partial charge in [0.15, 0.2) is 11.5 Å². The van der Waals surface area contributed by atoms with Gasteiger partial charge in [-0.25, -0.2) is 14.8 Å². The van der Waals surface area contributed by atoms with Gasteiger partial charge in [0, 0.05) is 25.5 Å². The number of hydrogen-bond donors (Lipinski definition) is 2. The van der Waals surface area contributed by atoms with Gasteiger partial charge < -0.3 is 19.9 Å². The van der Waals surface area contributed by atoms with Gasteiger partial charge in [0.25, 0.3) is 0 Å². The Morgan fingerprint density at radius 1 is 1.56 bits per heavy atom. The molecule has 1 aromatic heterocycles. The van der Waals surface area contributed by atoms with Crippen molar-refractivity contribution in [3.63, 3.8) is 0 Å². The van der Waals surface area contributed by atoms with Crippen molar-refractivity contribution in [1.29, 1.82) is 0 Å². The lowest BCUT2D eigenvalue weighted by Gasteiger charge is -2.11. The zero-order valence-electron chi connectivity index (χ0n) is 9.83. The first-order valence-corrected chi connectivity index (χ1v) is 5.75. The Morgan fingerprint density at radius 3 is 3.11 bits per heavy atom. The molecule has 1 aliphatic heterocycles. The highest BCUT2D eigenvalue weighted by atomic mass is 16.5. The second-order valence-corrected chi connectivity index (χ2v) is 3.84. The minimum absolute atomic E-state index is 0.0818. The van der Waals surface area contributed by atoms with E-state index in [1.54, 1.807) is 0 Å². The molecule has 1 saturated heterocycles. The zero-order chi connectivity index (χ0) is 12.8. The molecule has 0 saturated carbocycles. The average molecular weight is 253 g/mol. The number of aromatic nitrogens is 2. The molecular formula is C11H15N3O4. The van der Waals surface area contributed by atoms with Gasteiger partial charge in [-0.2, -0.15) is 0 Å². The normalized spacial score (nSPS) is 18.8. The lowest BCUT2D eigenvalue weighted by atomic mass is 10.3. The van der Waals surface area contributed by atoms with Crippen LogP contribution in [0.25, 0.3) is 0 Å². The summed E-state index contributed by atoms with van der Waals surface area (Å²) in [5.74, 6) is -0.841. The molecular weight excluding hydrogens is 238 g/mol. The Bertz CT molecular complexity index is 407. The molecule has 1 aromatic rings. The van der Waals surface area contributed by atoms with Gasteiger partial charge in [0.05, 0.1) is 19.3 Å². The molecule has 98 valence electrons. The Kier molecular flexibility index (Phi) is 4.43. The third-order valence-electron chi connectivity index (χ3n) is 2.54. The lowest BCUT2D eigenvalue weighted by Crippen LogP contribution is -2.19. The molecule has 0 aromatic carbocycles. The van der Waals surface area contributed by atoms with E-state index >= 15 is 0 Å². The molecule has 1 fully saturated rings. The molecule has 2 heterocycles. The summed E-state index contributed by atoms with van der Waals surface area (Å²) in [7, 11) is 0. The van der Waals surface area contributed by atoms with E-state index in [9.17, 15) is 4.79 Å². The average Bonchev–Trinajstić information content (AvgIpc) is 2.88. The zero-order valence-corrected chi connectivity index (χ0v) is 9.83. The summed E-state index contributed by atoms with van der Waals surface area (Å²) in [4.78, 5) is 18.6. The number of nitrogens with zero attached hydrogens (tertiary/aromatic N) is 2. The highest BCUT2D eigenvalue weighted by Crippen LogP contribution is 2.09. The molecule has 0 spiro atoms. The van der Waals surface area contributed by atoms with Crippen LogP contribution >= 0.6 is 0 Å². The van der Waals surface area contributed by atoms with Gasteiger partial charge >= 0.3 is 5.97 Å². The monoisotopic (exact) mass is 253 g/mol. The predicted octanol–water partition coefficient (Wildman–Crippen LogP) is 0.392. The van der Waals surface area contributed by atoms with E-state index in [0.29, 0.717) is 19.8 Å². The van der Waals surface area contributed by atoms with Gasteiger partial charge in [-0.15, -0.1) is 0 Å². The summed E-state index contributed by atoms with van der Waals surface area (Å²) in [6, 6.07) is 0. The molecule has 2 rings (SSSR count). The van der Waals surface area contributed by atoms with Crippen molar-refractivity contribution < 1.29 is 19.4 Å². The number of carboxylic acid groups (broad SMARTS) is 1. The molecule has 0 aliphatic carbocycles. The summed E-state index contributed by atoms with van der Waals surface area (Å²) in [5.41, 5.74) is -0.0818. The highest BCUT2D eigenvalue weighted by molar-refractivity contribution is 5.90. The van der Waals surface area contributed by atoms with Gasteiger partial charge in [-0.05, 0) is 6.42 Å². The number of nitrogens with one attached hydrogen (secondary N) is 1. The fourth-order valence-electron chi connectivity index (χ4n) is 1.66. The molecule has 1 aliphatic rings. The minimum atomic E-state index is -1.10. The highest BCUT2D eigenvalue weighted by Gasteiger charge is 2.16. The number of rotatable bonds is 6. The second-order valence-electron chi connectivity index (χ2n) is 3.84. The third kappa shape index (κ3) is 3.38. The summed E-state index contributed by atoms with van der Waals surface area (Å²) >= 11 is 0. The van der Waals surface area contributed by atoms with Crippen LogP contribution in [0.5, 0.6) is 0 Å². The van der Waals surface area contributed by atoms with Crippen LogP contribution in [0, 0.1) is 0 Å². The Labute approximate surface area is 104 Å². The minimum Gasteiger partial charge on any atom is -0.476 e. The van der Waals surface area contributed by atoms with Crippen molar-refractivity contribution in [3.05, 3.63) is 18.1 Å². The second kappa shape index (κ2) is 6.27. The Morgan fingerprint density at radius 2 is 2.39 bits per heavy atom. The Balaban J connectivity index is 1.77. The van der Waals surface area contributed by atoms with E-state index in [-0.39, 0.29) is 17.6 Å². The van der Waals surface area contributed by atoms with Crippen LogP contribution in [0.4, 0.5) is 5.82 Å². The number of anilines is 1. The molecule has 2 N–H and O–H groups in total. The van der Waals surface area contributed by atoms with Crippen LogP contribution in [0.15, 0.2) is 12.4 Å². The van der Waals surface area contributed by atoms with Crippen LogP contribution in [0.2, 0.25) is 0 Å². The SMILES string of the molecule is O=C(O)c1nccnc1NCCOC1CCOC1. The van der Waals surface area contributed by atoms with Crippen LogP contribution < -0.4 is 5.32 Å². The van der Waals surface area contributed by atoms with Gasteiger partial charge in [0.2, 0.25) is 0 Å². The molecule has 7 nitrogen and oxygen atoms in total. The first-order valence-electron chi connectivity index (χ1n) is 5.75. The van der Waals surface area contributed by atoms with E-state index in [1.165, 1.54) is 12.4 Å². The smallest absolute Gasteiger partial charge is 0.358 e. The number of carbonyl (C=O) groups is 1. The summed E-state index contributed by atoms with van der Waals surface area (Å²) in [5, 5.41) is 11.8. The molecule has 18 heavy (non-hydrogen) atoms. The molecule has 0 radical (unpaired) electrons. The number of hydrogen-bond acceptors (Lipinski definition) is 6. The summed E-state index contributed by atoms with van der Waals surface area (Å²) in [6.45, 7) is 2.33. The maximum atomic E-state index is 10.9.